The fraction of sp³-hybridized carbons (Fsp3) is 0.458. The average Bonchev–Trinajstić information content (AvgIpc) is 2.79. The van der Waals surface area contributed by atoms with Gasteiger partial charge >= 0.3 is 0 Å². The second kappa shape index (κ2) is 11.8. The second-order valence-electron chi connectivity index (χ2n) is 7.85. The zero-order valence-electron chi connectivity index (χ0n) is 17.9. The molecule has 1 aliphatic heterocycles. The lowest BCUT2D eigenvalue weighted by atomic mass is 10.1. The Morgan fingerprint density at radius 3 is 2.71 bits per heavy atom. The molecule has 0 unspecified atom stereocenters. The smallest absolute Gasteiger partial charge is 0.220 e. The number of likely N-dealkylation sites (N-methyl/N-ethyl adjacent to an activating group) is 1. The van der Waals surface area contributed by atoms with Crippen LogP contribution < -0.4 is 10.1 Å². The minimum absolute atomic E-state index is 0.144. The third-order valence-electron chi connectivity index (χ3n) is 5.54. The van der Waals surface area contributed by atoms with Crippen molar-refractivity contribution in [1.82, 2.24) is 10.2 Å². The van der Waals surface area contributed by atoms with Crippen LogP contribution in [0.15, 0.2) is 42.5 Å². The van der Waals surface area contributed by atoms with Gasteiger partial charge in [-0.3, -0.25) is 9.69 Å². The van der Waals surface area contributed by atoms with Crippen molar-refractivity contribution in [2.75, 3.05) is 33.4 Å². The van der Waals surface area contributed by atoms with Crippen molar-refractivity contribution >= 4 is 5.91 Å². The van der Waals surface area contributed by atoms with Gasteiger partial charge in [-0.1, -0.05) is 18.2 Å². The van der Waals surface area contributed by atoms with Gasteiger partial charge in [0.15, 0.2) is 11.6 Å². The molecular weight excluding hydrogens is 402 g/mol. The van der Waals surface area contributed by atoms with Crippen LogP contribution in [-0.2, 0) is 22.5 Å². The van der Waals surface area contributed by atoms with Crippen LogP contribution in [-0.4, -0.2) is 50.3 Å². The topological polar surface area (TPSA) is 50.8 Å². The largest absolute Gasteiger partial charge is 0.492 e. The molecule has 1 amide bonds. The van der Waals surface area contributed by atoms with Gasteiger partial charge < -0.3 is 14.8 Å². The number of nitrogens with one attached hydrogen (secondary N) is 1. The van der Waals surface area contributed by atoms with Crippen molar-refractivity contribution < 1.29 is 23.0 Å². The molecule has 3 rings (SSSR count). The Labute approximate surface area is 182 Å². The van der Waals surface area contributed by atoms with Gasteiger partial charge in [0.05, 0.1) is 0 Å². The van der Waals surface area contributed by atoms with E-state index in [2.05, 4.69) is 17.3 Å². The maximum absolute atomic E-state index is 13.2. The molecule has 0 saturated carbocycles. The molecule has 0 radical (unpaired) electrons. The van der Waals surface area contributed by atoms with Crippen LogP contribution in [0.25, 0.3) is 0 Å². The highest BCUT2D eigenvalue weighted by Gasteiger charge is 2.18. The van der Waals surface area contributed by atoms with Crippen molar-refractivity contribution in [3.63, 3.8) is 0 Å². The maximum atomic E-state index is 13.2. The number of amides is 1. The molecule has 0 spiro atoms. The van der Waals surface area contributed by atoms with Crippen molar-refractivity contribution in [2.45, 2.75) is 38.3 Å². The van der Waals surface area contributed by atoms with E-state index in [1.807, 2.05) is 24.3 Å². The van der Waals surface area contributed by atoms with Crippen LogP contribution in [0.1, 0.15) is 30.4 Å². The first-order valence-corrected chi connectivity index (χ1v) is 10.7. The minimum atomic E-state index is -0.895. The molecule has 5 nitrogen and oxygen atoms in total. The van der Waals surface area contributed by atoms with E-state index in [0.29, 0.717) is 31.2 Å². The quantitative estimate of drug-likeness (QED) is 0.622. The molecule has 2 aromatic carbocycles. The first-order chi connectivity index (χ1) is 15.0. The normalized spacial score (nSPS) is 14.6. The molecule has 0 aliphatic carbocycles. The highest BCUT2D eigenvalue weighted by atomic mass is 19.2. The van der Waals surface area contributed by atoms with Gasteiger partial charge in [0.2, 0.25) is 5.91 Å². The van der Waals surface area contributed by atoms with E-state index in [1.54, 1.807) is 0 Å². The lowest BCUT2D eigenvalue weighted by Crippen LogP contribution is -2.38. The van der Waals surface area contributed by atoms with Gasteiger partial charge in [0.25, 0.3) is 0 Å². The molecule has 0 atom stereocenters. The van der Waals surface area contributed by atoms with Gasteiger partial charge in [-0.2, -0.15) is 0 Å². The van der Waals surface area contributed by atoms with E-state index in [4.69, 9.17) is 9.47 Å². The monoisotopic (exact) mass is 432 g/mol. The summed E-state index contributed by atoms with van der Waals surface area (Å²) < 4.78 is 37.5. The van der Waals surface area contributed by atoms with Gasteiger partial charge in [0, 0.05) is 38.8 Å². The van der Waals surface area contributed by atoms with Gasteiger partial charge in [0.1, 0.15) is 12.4 Å². The summed E-state index contributed by atoms with van der Waals surface area (Å²) in [5, 5.41) is 2.86. The molecule has 2 aromatic rings. The summed E-state index contributed by atoms with van der Waals surface area (Å²) in [7, 11) is 2.12. The Morgan fingerprint density at radius 1 is 1.13 bits per heavy atom. The molecular formula is C24H30F2N2O3. The summed E-state index contributed by atoms with van der Waals surface area (Å²) in [6, 6.07) is 11.9. The predicted octanol–water partition coefficient (Wildman–Crippen LogP) is 3.70. The SMILES string of the molecule is CN(CCOc1cccc(CNC(=O)CCc2ccc(F)c(F)c2)c1)C1CCOCC1. The van der Waals surface area contributed by atoms with Crippen molar-refractivity contribution in [2.24, 2.45) is 0 Å². The number of rotatable bonds is 10. The van der Waals surface area contributed by atoms with Crippen LogP contribution in [0, 0.1) is 11.6 Å². The third kappa shape index (κ3) is 7.60. The third-order valence-corrected chi connectivity index (χ3v) is 5.54. The highest BCUT2D eigenvalue weighted by Crippen LogP contribution is 2.15. The Morgan fingerprint density at radius 2 is 1.94 bits per heavy atom. The molecule has 7 heteroatoms. The number of carbonyl (C=O) groups is 1. The molecule has 1 aliphatic rings. The van der Waals surface area contributed by atoms with E-state index in [9.17, 15) is 13.6 Å². The molecule has 1 N–H and O–H groups in total. The van der Waals surface area contributed by atoms with E-state index < -0.39 is 11.6 Å². The number of nitrogens with zero attached hydrogens (tertiary/aromatic N) is 1. The average molecular weight is 433 g/mol. The van der Waals surface area contributed by atoms with E-state index in [-0.39, 0.29) is 12.3 Å². The van der Waals surface area contributed by atoms with E-state index >= 15 is 0 Å². The standard InChI is InChI=1S/C24H30F2N2O3/c1-28(20-9-12-30-13-10-20)11-14-31-21-4-2-3-19(15-21)17-27-24(29)8-6-18-5-7-22(25)23(26)16-18/h2-5,7,15-16,20H,6,8-14,17H2,1H3,(H,27,29). The van der Waals surface area contributed by atoms with Crippen LogP contribution in [0.3, 0.4) is 0 Å². The first-order valence-electron chi connectivity index (χ1n) is 10.7. The summed E-state index contributed by atoms with van der Waals surface area (Å²) >= 11 is 0. The van der Waals surface area contributed by atoms with Crippen LogP contribution in [0.4, 0.5) is 8.78 Å². The number of carbonyl (C=O) groups excluding carboxylic acids is 1. The Hall–Kier alpha value is -2.51. The summed E-state index contributed by atoms with van der Waals surface area (Å²) in [4.78, 5) is 14.4. The zero-order chi connectivity index (χ0) is 22.1. The fourth-order valence-corrected chi connectivity index (χ4v) is 3.60. The van der Waals surface area contributed by atoms with Crippen molar-refractivity contribution in [3.05, 3.63) is 65.2 Å². The summed E-state index contributed by atoms with van der Waals surface area (Å²) in [5.41, 5.74) is 1.53. The summed E-state index contributed by atoms with van der Waals surface area (Å²) in [5.74, 6) is -1.15. The lowest BCUT2D eigenvalue weighted by molar-refractivity contribution is -0.121. The molecule has 1 heterocycles. The zero-order valence-corrected chi connectivity index (χ0v) is 17.9. The minimum Gasteiger partial charge on any atom is -0.492 e. The fourth-order valence-electron chi connectivity index (χ4n) is 3.60. The van der Waals surface area contributed by atoms with Gasteiger partial charge in [-0.15, -0.1) is 0 Å². The Bertz CT molecular complexity index is 856. The maximum Gasteiger partial charge on any atom is 0.220 e. The molecule has 168 valence electrons. The Kier molecular flexibility index (Phi) is 8.79. The number of halogens is 2. The van der Waals surface area contributed by atoms with Crippen molar-refractivity contribution in [3.8, 4) is 5.75 Å². The molecule has 0 bridgehead atoms. The predicted molar refractivity (Wildman–Crippen MR) is 115 cm³/mol. The molecule has 0 aromatic heterocycles. The molecule has 1 saturated heterocycles. The number of hydrogen-bond acceptors (Lipinski definition) is 4. The van der Waals surface area contributed by atoms with Gasteiger partial charge in [-0.25, -0.2) is 8.78 Å². The van der Waals surface area contributed by atoms with E-state index in [0.717, 1.165) is 56.0 Å². The second-order valence-corrected chi connectivity index (χ2v) is 7.85. The number of aryl methyl sites for hydroxylation is 1. The molecule has 1 fully saturated rings. The van der Waals surface area contributed by atoms with Crippen LogP contribution in [0.2, 0.25) is 0 Å². The first kappa shape index (κ1) is 23.2. The van der Waals surface area contributed by atoms with Crippen LogP contribution in [0.5, 0.6) is 5.75 Å². The number of ether oxygens (including phenoxy) is 2. The van der Waals surface area contributed by atoms with Gasteiger partial charge in [-0.05, 0) is 61.7 Å². The lowest BCUT2D eigenvalue weighted by Gasteiger charge is -2.31. The van der Waals surface area contributed by atoms with Crippen molar-refractivity contribution in [1.29, 1.82) is 0 Å². The summed E-state index contributed by atoms with van der Waals surface area (Å²) in [6.07, 6.45) is 2.68. The Balaban J connectivity index is 1.38. The molecule has 31 heavy (non-hydrogen) atoms. The number of hydrogen-bond donors (Lipinski definition) is 1. The number of benzene rings is 2. The summed E-state index contributed by atoms with van der Waals surface area (Å²) in [6.45, 7) is 3.47. The van der Waals surface area contributed by atoms with Crippen LogP contribution >= 0.6 is 0 Å². The van der Waals surface area contributed by atoms with E-state index in [1.165, 1.54) is 6.07 Å². The highest BCUT2D eigenvalue weighted by molar-refractivity contribution is 5.76.